The lowest BCUT2D eigenvalue weighted by Gasteiger charge is -2.06. The lowest BCUT2D eigenvalue weighted by molar-refractivity contribution is 0.415. The number of pyridine rings is 1. The first-order chi connectivity index (χ1) is 10.8. The standard InChI is InChI=1S/C18H14N2O2/c1-22-13-5-2-11(3-6-13)12-4-7-16-15(10-12)14-8-9-19-17(14)18(21)20-16/h2-10,19H,1H3,(H,20,21). The number of aromatic amines is 2. The molecular formula is C18H14N2O2. The van der Waals surface area contributed by atoms with Gasteiger partial charge in [0.2, 0.25) is 0 Å². The molecule has 22 heavy (non-hydrogen) atoms. The number of nitrogens with one attached hydrogen (secondary N) is 2. The van der Waals surface area contributed by atoms with Gasteiger partial charge in [0, 0.05) is 22.5 Å². The Hall–Kier alpha value is -3.01. The minimum absolute atomic E-state index is 0.0929. The van der Waals surface area contributed by atoms with Crippen LogP contribution in [0.1, 0.15) is 0 Å². The quantitative estimate of drug-likeness (QED) is 0.591. The Kier molecular flexibility index (Phi) is 2.76. The molecule has 0 aliphatic carbocycles. The van der Waals surface area contributed by atoms with Gasteiger partial charge in [0.1, 0.15) is 11.3 Å². The second-order valence-corrected chi connectivity index (χ2v) is 5.21. The maximum Gasteiger partial charge on any atom is 0.272 e. The third-order valence-electron chi connectivity index (χ3n) is 3.96. The summed E-state index contributed by atoms with van der Waals surface area (Å²) in [5, 5.41) is 1.97. The Bertz CT molecular complexity index is 1030. The number of rotatable bonds is 2. The summed E-state index contributed by atoms with van der Waals surface area (Å²) in [7, 11) is 1.66. The highest BCUT2D eigenvalue weighted by Crippen LogP contribution is 2.28. The van der Waals surface area contributed by atoms with Crippen LogP contribution in [0.3, 0.4) is 0 Å². The molecule has 2 N–H and O–H groups in total. The Labute approximate surface area is 126 Å². The summed E-state index contributed by atoms with van der Waals surface area (Å²) in [6.07, 6.45) is 1.79. The van der Waals surface area contributed by atoms with Gasteiger partial charge in [-0.1, -0.05) is 18.2 Å². The number of ether oxygens (including phenoxy) is 1. The zero-order chi connectivity index (χ0) is 15.1. The number of H-pyrrole nitrogens is 2. The van der Waals surface area contributed by atoms with E-state index in [1.807, 2.05) is 42.5 Å². The van der Waals surface area contributed by atoms with E-state index < -0.39 is 0 Å². The smallest absolute Gasteiger partial charge is 0.272 e. The zero-order valence-corrected chi connectivity index (χ0v) is 12.0. The average Bonchev–Trinajstić information content (AvgIpc) is 3.05. The Morgan fingerprint density at radius 3 is 2.45 bits per heavy atom. The van der Waals surface area contributed by atoms with Crippen LogP contribution in [0.4, 0.5) is 0 Å². The predicted octanol–water partition coefficient (Wildman–Crippen LogP) is 3.69. The molecule has 2 aromatic heterocycles. The van der Waals surface area contributed by atoms with E-state index in [2.05, 4.69) is 16.0 Å². The molecule has 2 aromatic carbocycles. The number of aromatic nitrogens is 2. The Morgan fingerprint density at radius 1 is 0.909 bits per heavy atom. The summed E-state index contributed by atoms with van der Waals surface area (Å²) >= 11 is 0. The van der Waals surface area contributed by atoms with Gasteiger partial charge in [-0.25, -0.2) is 0 Å². The highest BCUT2D eigenvalue weighted by molar-refractivity contribution is 6.05. The van der Waals surface area contributed by atoms with Crippen molar-refractivity contribution in [2.24, 2.45) is 0 Å². The van der Waals surface area contributed by atoms with Crippen LogP contribution in [0.25, 0.3) is 32.9 Å². The van der Waals surface area contributed by atoms with Crippen LogP contribution in [0, 0.1) is 0 Å². The molecule has 4 aromatic rings. The molecule has 0 radical (unpaired) electrons. The van der Waals surface area contributed by atoms with Crippen LogP contribution < -0.4 is 10.3 Å². The molecule has 0 unspecified atom stereocenters. The minimum Gasteiger partial charge on any atom is -0.497 e. The highest BCUT2D eigenvalue weighted by atomic mass is 16.5. The second-order valence-electron chi connectivity index (χ2n) is 5.21. The van der Waals surface area contributed by atoms with Gasteiger partial charge >= 0.3 is 0 Å². The number of methoxy groups -OCH3 is 1. The fraction of sp³-hybridized carbons (Fsp3) is 0.0556. The van der Waals surface area contributed by atoms with E-state index in [-0.39, 0.29) is 5.56 Å². The van der Waals surface area contributed by atoms with Crippen molar-refractivity contribution in [2.45, 2.75) is 0 Å². The van der Waals surface area contributed by atoms with Crippen molar-refractivity contribution >= 4 is 21.8 Å². The van der Waals surface area contributed by atoms with Crippen molar-refractivity contribution in [3.8, 4) is 16.9 Å². The molecule has 0 amide bonds. The van der Waals surface area contributed by atoms with Crippen LogP contribution >= 0.6 is 0 Å². The van der Waals surface area contributed by atoms with Crippen molar-refractivity contribution < 1.29 is 4.74 Å². The Morgan fingerprint density at radius 2 is 1.68 bits per heavy atom. The van der Waals surface area contributed by atoms with Crippen molar-refractivity contribution in [3.63, 3.8) is 0 Å². The molecule has 0 saturated carbocycles. The van der Waals surface area contributed by atoms with Gasteiger partial charge in [-0.05, 0) is 41.5 Å². The zero-order valence-electron chi connectivity index (χ0n) is 12.0. The molecule has 0 saturated heterocycles. The van der Waals surface area contributed by atoms with E-state index >= 15 is 0 Å². The van der Waals surface area contributed by atoms with Crippen LogP contribution in [-0.2, 0) is 0 Å². The summed E-state index contributed by atoms with van der Waals surface area (Å²) in [6.45, 7) is 0. The molecule has 0 atom stereocenters. The van der Waals surface area contributed by atoms with Gasteiger partial charge < -0.3 is 14.7 Å². The summed E-state index contributed by atoms with van der Waals surface area (Å²) < 4.78 is 5.19. The molecular weight excluding hydrogens is 276 g/mol. The molecule has 108 valence electrons. The molecule has 0 spiro atoms. The lowest BCUT2D eigenvalue weighted by Crippen LogP contribution is -2.05. The SMILES string of the molecule is COc1ccc(-c2ccc3[nH]c(=O)c4[nH]ccc4c3c2)cc1. The fourth-order valence-electron chi connectivity index (χ4n) is 2.81. The van der Waals surface area contributed by atoms with Gasteiger partial charge in [0.25, 0.3) is 5.56 Å². The van der Waals surface area contributed by atoms with E-state index in [9.17, 15) is 4.79 Å². The maximum atomic E-state index is 12.0. The van der Waals surface area contributed by atoms with E-state index in [0.717, 1.165) is 33.2 Å². The molecule has 0 aliphatic heterocycles. The van der Waals surface area contributed by atoms with Gasteiger partial charge in [-0.3, -0.25) is 4.79 Å². The van der Waals surface area contributed by atoms with Gasteiger partial charge in [0.15, 0.2) is 0 Å². The van der Waals surface area contributed by atoms with Crippen molar-refractivity contribution in [1.82, 2.24) is 9.97 Å². The topological polar surface area (TPSA) is 57.9 Å². The minimum atomic E-state index is -0.0929. The summed E-state index contributed by atoms with van der Waals surface area (Å²) in [6, 6.07) is 15.9. The number of benzene rings is 2. The number of fused-ring (bicyclic) bond motifs is 3. The van der Waals surface area contributed by atoms with Crippen molar-refractivity contribution in [3.05, 3.63) is 65.1 Å². The largest absolute Gasteiger partial charge is 0.497 e. The maximum absolute atomic E-state index is 12.0. The molecule has 0 aliphatic rings. The normalized spacial score (nSPS) is 11.1. The van der Waals surface area contributed by atoms with Crippen molar-refractivity contribution in [1.29, 1.82) is 0 Å². The van der Waals surface area contributed by atoms with E-state index in [1.54, 1.807) is 13.3 Å². The lowest BCUT2D eigenvalue weighted by atomic mass is 10.0. The van der Waals surface area contributed by atoms with E-state index in [4.69, 9.17) is 4.74 Å². The number of hydrogen-bond donors (Lipinski definition) is 2. The first-order valence-corrected chi connectivity index (χ1v) is 7.04. The molecule has 4 rings (SSSR count). The van der Waals surface area contributed by atoms with Gasteiger partial charge in [-0.2, -0.15) is 0 Å². The monoisotopic (exact) mass is 290 g/mol. The average molecular weight is 290 g/mol. The highest BCUT2D eigenvalue weighted by Gasteiger charge is 2.07. The summed E-state index contributed by atoms with van der Waals surface area (Å²) in [5.41, 5.74) is 3.57. The molecule has 0 bridgehead atoms. The van der Waals surface area contributed by atoms with E-state index in [0.29, 0.717) is 5.52 Å². The molecule has 0 fully saturated rings. The third-order valence-corrected chi connectivity index (χ3v) is 3.96. The van der Waals surface area contributed by atoms with E-state index in [1.165, 1.54) is 0 Å². The first kappa shape index (κ1) is 12.7. The molecule has 4 nitrogen and oxygen atoms in total. The second kappa shape index (κ2) is 4.77. The number of hydrogen-bond acceptors (Lipinski definition) is 2. The summed E-state index contributed by atoms with van der Waals surface area (Å²) in [5.74, 6) is 0.835. The predicted molar refractivity (Wildman–Crippen MR) is 88.4 cm³/mol. The van der Waals surface area contributed by atoms with Crippen LogP contribution in [0.5, 0.6) is 5.75 Å². The van der Waals surface area contributed by atoms with Crippen molar-refractivity contribution in [2.75, 3.05) is 7.11 Å². The van der Waals surface area contributed by atoms with Crippen LogP contribution in [-0.4, -0.2) is 17.1 Å². The molecule has 2 heterocycles. The molecule has 4 heteroatoms. The van der Waals surface area contributed by atoms with Crippen LogP contribution in [0.15, 0.2) is 59.5 Å². The van der Waals surface area contributed by atoms with Gasteiger partial charge in [0.05, 0.1) is 7.11 Å². The van der Waals surface area contributed by atoms with Crippen LogP contribution in [0.2, 0.25) is 0 Å². The van der Waals surface area contributed by atoms with Gasteiger partial charge in [-0.15, -0.1) is 0 Å². The fourth-order valence-corrected chi connectivity index (χ4v) is 2.81. The third kappa shape index (κ3) is 1.89. The Balaban J connectivity index is 1.96. The summed E-state index contributed by atoms with van der Waals surface area (Å²) in [4.78, 5) is 17.9. The first-order valence-electron chi connectivity index (χ1n) is 7.04.